The van der Waals surface area contributed by atoms with Crippen molar-refractivity contribution in [3.05, 3.63) is 35.4 Å². The summed E-state index contributed by atoms with van der Waals surface area (Å²) >= 11 is 0. The predicted octanol–water partition coefficient (Wildman–Crippen LogP) is 2.20. The van der Waals surface area contributed by atoms with Crippen LogP contribution in [-0.4, -0.2) is 85.0 Å². The number of guanidine groups is 1. The second-order valence-electron chi connectivity index (χ2n) is 9.52. The molecule has 7 nitrogen and oxygen atoms in total. The Bertz CT molecular complexity index is 718. The Morgan fingerprint density at radius 3 is 2.62 bits per heavy atom. The minimum Gasteiger partial charge on any atom is -0.387 e. The molecule has 2 atom stereocenters. The number of ether oxygens (including phenoxy) is 1. The third kappa shape index (κ3) is 8.03. The van der Waals surface area contributed by atoms with Gasteiger partial charge in [-0.1, -0.05) is 30.7 Å². The number of β-amino-alcohol motifs (C(OH)–C–C–N with tert-alkyl or cyclic N) is 1. The summed E-state index contributed by atoms with van der Waals surface area (Å²) < 4.78 is 5.41. The highest BCUT2D eigenvalue weighted by Crippen LogP contribution is 2.21. The van der Waals surface area contributed by atoms with Crippen molar-refractivity contribution in [3.63, 3.8) is 0 Å². The summed E-state index contributed by atoms with van der Waals surface area (Å²) in [5.74, 6) is 0.746. The predicted molar refractivity (Wildman–Crippen MR) is 131 cm³/mol. The van der Waals surface area contributed by atoms with E-state index in [2.05, 4.69) is 58.5 Å². The molecular formula is C25H43N5O2. The molecule has 0 aliphatic carbocycles. The monoisotopic (exact) mass is 445 g/mol. The van der Waals surface area contributed by atoms with Gasteiger partial charge in [-0.15, -0.1) is 0 Å². The second kappa shape index (κ2) is 12.5. The van der Waals surface area contributed by atoms with E-state index in [1.807, 2.05) is 6.92 Å². The van der Waals surface area contributed by atoms with Gasteiger partial charge in [0.2, 0.25) is 0 Å². The summed E-state index contributed by atoms with van der Waals surface area (Å²) in [7, 11) is 0. The van der Waals surface area contributed by atoms with E-state index in [0.717, 1.165) is 45.4 Å². The van der Waals surface area contributed by atoms with Crippen LogP contribution in [0.4, 0.5) is 0 Å². The van der Waals surface area contributed by atoms with E-state index < -0.39 is 5.60 Å². The van der Waals surface area contributed by atoms with Crippen molar-refractivity contribution in [3.8, 4) is 0 Å². The topological polar surface area (TPSA) is 72.4 Å². The number of nitrogens with one attached hydrogen (secondary N) is 2. The molecular weight excluding hydrogens is 402 g/mol. The van der Waals surface area contributed by atoms with Gasteiger partial charge in [0, 0.05) is 45.3 Å². The molecule has 2 unspecified atom stereocenters. The maximum absolute atomic E-state index is 10.9. The van der Waals surface area contributed by atoms with Crippen LogP contribution in [0.3, 0.4) is 0 Å². The largest absolute Gasteiger partial charge is 0.387 e. The van der Waals surface area contributed by atoms with Gasteiger partial charge in [-0.3, -0.25) is 9.80 Å². The highest BCUT2D eigenvalue weighted by atomic mass is 16.5. The first-order valence-electron chi connectivity index (χ1n) is 12.3. The molecule has 2 aliphatic rings. The Hall–Kier alpha value is -1.67. The molecule has 2 saturated heterocycles. The zero-order valence-electron chi connectivity index (χ0n) is 20.3. The van der Waals surface area contributed by atoms with Crippen LogP contribution in [0.25, 0.3) is 0 Å². The van der Waals surface area contributed by atoms with E-state index in [1.54, 1.807) is 0 Å². The summed E-state index contributed by atoms with van der Waals surface area (Å²) in [5.41, 5.74) is 1.79. The van der Waals surface area contributed by atoms with E-state index in [4.69, 9.17) is 9.73 Å². The number of aliphatic imine (C=N–C) groups is 1. The van der Waals surface area contributed by atoms with Crippen molar-refractivity contribution < 1.29 is 9.84 Å². The third-order valence-corrected chi connectivity index (χ3v) is 6.49. The summed E-state index contributed by atoms with van der Waals surface area (Å²) in [6.45, 7) is 14.2. The molecule has 3 rings (SSSR count). The van der Waals surface area contributed by atoms with Crippen molar-refractivity contribution in [1.29, 1.82) is 0 Å². The molecule has 1 aromatic carbocycles. The minimum absolute atomic E-state index is 0.448. The van der Waals surface area contributed by atoms with Gasteiger partial charge in [-0.2, -0.15) is 0 Å². The maximum Gasteiger partial charge on any atom is 0.191 e. The van der Waals surface area contributed by atoms with Gasteiger partial charge >= 0.3 is 0 Å². The van der Waals surface area contributed by atoms with Gasteiger partial charge in [0.25, 0.3) is 0 Å². The van der Waals surface area contributed by atoms with Crippen LogP contribution in [0.15, 0.2) is 29.3 Å². The smallest absolute Gasteiger partial charge is 0.191 e. The van der Waals surface area contributed by atoms with E-state index in [0.29, 0.717) is 25.7 Å². The second-order valence-corrected chi connectivity index (χ2v) is 9.52. The Labute approximate surface area is 194 Å². The fourth-order valence-corrected chi connectivity index (χ4v) is 4.55. The lowest BCUT2D eigenvalue weighted by molar-refractivity contribution is -0.0201. The van der Waals surface area contributed by atoms with E-state index in [1.165, 1.54) is 36.9 Å². The SMILES string of the molecule is CCNC(=NCc1ccccc1CN1CCCCC1C)NCC(C)(O)CN1CCOCC1. The molecule has 2 aliphatic heterocycles. The van der Waals surface area contributed by atoms with Crippen LogP contribution in [0.2, 0.25) is 0 Å². The van der Waals surface area contributed by atoms with Crippen LogP contribution in [-0.2, 0) is 17.8 Å². The first kappa shape index (κ1) is 25.0. The van der Waals surface area contributed by atoms with Crippen molar-refractivity contribution in [1.82, 2.24) is 20.4 Å². The zero-order chi connectivity index (χ0) is 22.8. The number of piperidine rings is 1. The molecule has 7 heteroatoms. The first-order valence-corrected chi connectivity index (χ1v) is 12.3. The fraction of sp³-hybridized carbons (Fsp3) is 0.720. The number of benzene rings is 1. The van der Waals surface area contributed by atoms with Crippen LogP contribution < -0.4 is 10.6 Å². The third-order valence-electron chi connectivity index (χ3n) is 6.49. The molecule has 0 saturated carbocycles. The maximum atomic E-state index is 10.9. The normalized spacial score (nSPS) is 23.0. The number of aliphatic hydroxyl groups is 1. The van der Waals surface area contributed by atoms with Gasteiger partial charge in [0.1, 0.15) is 0 Å². The Morgan fingerprint density at radius 1 is 1.16 bits per heavy atom. The Kier molecular flexibility index (Phi) is 9.78. The Balaban J connectivity index is 1.58. The molecule has 1 aromatic rings. The standard InChI is InChI=1S/C25H43N5O2/c1-4-26-24(28-19-25(3,31)20-29-13-15-32-16-14-29)27-17-22-10-5-6-11-23(22)18-30-12-8-7-9-21(30)2/h5-6,10-11,21,31H,4,7-9,12-20H2,1-3H3,(H2,26,27,28). The molecule has 0 amide bonds. The van der Waals surface area contributed by atoms with Crippen molar-refractivity contribution in [2.24, 2.45) is 4.99 Å². The molecule has 180 valence electrons. The summed E-state index contributed by atoms with van der Waals surface area (Å²) in [6.07, 6.45) is 3.93. The van der Waals surface area contributed by atoms with Crippen molar-refractivity contribution in [2.75, 3.05) is 52.5 Å². The minimum atomic E-state index is -0.837. The van der Waals surface area contributed by atoms with E-state index in [-0.39, 0.29) is 0 Å². The van der Waals surface area contributed by atoms with Gasteiger partial charge < -0.3 is 20.5 Å². The molecule has 32 heavy (non-hydrogen) atoms. The van der Waals surface area contributed by atoms with Gasteiger partial charge in [-0.25, -0.2) is 4.99 Å². The van der Waals surface area contributed by atoms with Crippen LogP contribution in [0, 0.1) is 0 Å². The first-order chi connectivity index (χ1) is 15.5. The van der Waals surface area contributed by atoms with Gasteiger partial charge in [0.05, 0.1) is 25.4 Å². The molecule has 0 aromatic heterocycles. The lowest BCUT2D eigenvalue weighted by Crippen LogP contribution is -2.52. The van der Waals surface area contributed by atoms with Crippen LogP contribution >= 0.6 is 0 Å². The van der Waals surface area contributed by atoms with Crippen molar-refractivity contribution >= 4 is 5.96 Å². The van der Waals surface area contributed by atoms with Gasteiger partial charge in [-0.05, 0) is 51.3 Å². The highest BCUT2D eigenvalue weighted by Gasteiger charge is 2.25. The number of morpholine rings is 1. The van der Waals surface area contributed by atoms with Crippen LogP contribution in [0.1, 0.15) is 51.2 Å². The lowest BCUT2D eigenvalue weighted by atomic mass is 10.0. The average molecular weight is 446 g/mol. The van der Waals surface area contributed by atoms with Gasteiger partial charge in [0.15, 0.2) is 5.96 Å². The fourth-order valence-electron chi connectivity index (χ4n) is 4.55. The average Bonchev–Trinajstić information content (AvgIpc) is 2.78. The molecule has 2 fully saturated rings. The highest BCUT2D eigenvalue weighted by molar-refractivity contribution is 5.79. The number of hydrogen-bond acceptors (Lipinski definition) is 5. The molecule has 3 N–H and O–H groups in total. The van der Waals surface area contributed by atoms with E-state index >= 15 is 0 Å². The number of hydrogen-bond donors (Lipinski definition) is 3. The lowest BCUT2D eigenvalue weighted by Gasteiger charge is -2.34. The zero-order valence-corrected chi connectivity index (χ0v) is 20.3. The molecule has 0 radical (unpaired) electrons. The number of nitrogens with zero attached hydrogens (tertiary/aromatic N) is 3. The van der Waals surface area contributed by atoms with Crippen LogP contribution in [0.5, 0.6) is 0 Å². The van der Waals surface area contributed by atoms with E-state index in [9.17, 15) is 5.11 Å². The Morgan fingerprint density at radius 2 is 1.91 bits per heavy atom. The summed E-state index contributed by atoms with van der Waals surface area (Å²) in [6, 6.07) is 9.30. The number of rotatable bonds is 9. The summed E-state index contributed by atoms with van der Waals surface area (Å²) in [4.78, 5) is 9.69. The quantitative estimate of drug-likeness (QED) is 0.400. The summed E-state index contributed by atoms with van der Waals surface area (Å²) in [5, 5.41) is 17.6. The molecule has 0 spiro atoms. The molecule has 0 bridgehead atoms. The number of likely N-dealkylation sites (tertiary alicyclic amines) is 1. The molecule has 2 heterocycles. The van der Waals surface area contributed by atoms with Crippen molar-refractivity contribution in [2.45, 2.75) is 64.8 Å².